The summed E-state index contributed by atoms with van der Waals surface area (Å²) < 4.78 is 20.2. The quantitative estimate of drug-likeness (QED) is 0.109. The number of esters is 4. The minimum absolute atomic E-state index is 0.0475. The second kappa shape index (κ2) is 19.6. The molecule has 1 aliphatic carbocycles. The van der Waals surface area contributed by atoms with Gasteiger partial charge in [0, 0.05) is 18.7 Å². The summed E-state index contributed by atoms with van der Waals surface area (Å²) in [5, 5.41) is 12.0. The van der Waals surface area contributed by atoms with E-state index in [0.29, 0.717) is 61.0 Å². The molecule has 1 saturated carbocycles. The van der Waals surface area contributed by atoms with Crippen molar-refractivity contribution in [1.82, 2.24) is 0 Å². The van der Waals surface area contributed by atoms with E-state index in [1.54, 1.807) is 48.5 Å². The van der Waals surface area contributed by atoms with Crippen LogP contribution in [0.4, 0.5) is 11.4 Å². The van der Waals surface area contributed by atoms with Crippen LogP contribution in [-0.2, 0) is 60.6 Å². The van der Waals surface area contributed by atoms with Crippen LogP contribution < -0.4 is 5.32 Å². The first-order valence-corrected chi connectivity index (χ1v) is 15.5. The number of aliphatic hydroxyl groups is 1. The highest BCUT2D eigenvalue weighted by Crippen LogP contribution is 2.30. The third-order valence-electron chi connectivity index (χ3n) is 7.90. The fourth-order valence-electron chi connectivity index (χ4n) is 4.97. The summed E-state index contributed by atoms with van der Waals surface area (Å²) in [4.78, 5) is 74.9. The van der Waals surface area contributed by atoms with Gasteiger partial charge in [0.2, 0.25) is 25.6 Å². The number of anilines is 1. The molecule has 3 rings (SSSR count). The first kappa shape index (κ1) is 36.6. The van der Waals surface area contributed by atoms with E-state index in [1.165, 1.54) is 6.08 Å². The maximum atomic E-state index is 12.5. The molecule has 13 nitrogen and oxygen atoms in total. The van der Waals surface area contributed by atoms with Gasteiger partial charge in [-0.1, -0.05) is 37.6 Å². The van der Waals surface area contributed by atoms with E-state index in [-0.39, 0.29) is 31.3 Å². The summed E-state index contributed by atoms with van der Waals surface area (Å²) in [7, 11) is 0. The standard InChI is InChI=1S/C34H40N2O11/c1-2-23(19-37)7-16-30(39)36-29-14-5-25(6-15-29)18-32(41)45-22-47-34(43)27-10-8-26(9-11-27)33(42)46-21-44-31(40)17-24-3-12-28(13-4-24)35-20-38/h3-6,12-15,23,26-27,37H,2,7-11,16-19,21-22H2,1H3,(H,36,39). The zero-order valence-corrected chi connectivity index (χ0v) is 26.3. The van der Waals surface area contributed by atoms with Gasteiger partial charge in [0.05, 0.1) is 30.4 Å². The molecule has 1 amide bonds. The molecule has 0 saturated heterocycles. The predicted molar refractivity (Wildman–Crippen MR) is 166 cm³/mol. The Morgan fingerprint density at radius 1 is 0.809 bits per heavy atom. The number of carbonyl (C=O) groups is 5. The molecule has 0 aromatic heterocycles. The Morgan fingerprint density at radius 2 is 1.30 bits per heavy atom. The number of hydrogen-bond donors (Lipinski definition) is 2. The topological polar surface area (TPSA) is 184 Å². The van der Waals surface area contributed by atoms with Gasteiger partial charge in [-0.25, -0.2) is 4.79 Å². The van der Waals surface area contributed by atoms with E-state index >= 15 is 0 Å². The molecule has 47 heavy (non-hydrogen) atoms. The number of benzene rings is 2. The minimum atomic E-state index is -0.591. The van der Waals surface area contributed by atoms with Crippen LogP contribution in [-0.4, -0.2) is 61.2 Å². The van der Waals surface area contributed by atoms with Gasteiger partial charge in [-0.2, -0.15) is 4.99 Å². The minimum Gasteiger partial charge on any atom is -0.428 e. The van der Waals surface area contributed by atoms with Gasteiger partial charge in [0.25, 0.3) is 0 Å². The number of nitrogens with one attached hydrogen (secondary N) is 1. The number of ether oxygens (including phenoxy) is 4. The number of aliphatic imine (C=N–C) groups is 1. The van der Waals surface area contributed by atoms with Crippen molar-refractivity contribution in [2.45, 2.75) is 64.7 Å². The summed E-state index contributed by atoms with van der Waals surface area (Å²) in [6, 6.07) is 13.1. The molecule has 0 aliphatic heterocycles. The van der Waals surface area contributed by atoms with Crippen LogP contribution in [0.1, 0.15) is 63.0 Å². The van der Waals surface area contributed by atoms with Crippen molar-refractivity contribution in [3.63, 3.8) is 0 Å². The molecular formula is C34H40N2O11. The second-order valence-corrected chi connectivity index (χ2v) is 11.2. The van der Waals surface area contributed by atoms with Gasteiger partial charge in [-0.05, 0) is 73.4 Å². The van der Waals surface area contributed by atoms with Crippen LogP contribution in [0.5, 0.6) is 0 Å². The van der Waals surface area contributed by atoms with E-state index in [9.17, 15) is 33.9 Å². The monoisotopic (exact) mass is 652 g/mol. The van der Waals surface area contributed by atoms with Gasteiger partial charge in [-0.15, -0.1) is 0 Å². The van der Waals surface area contributed by atoms with Gasteiger partial charge < -0.3 is 29.4 Å². The summed E-state index contributed by atoms with van der Waals surface area (Å²) in [5.74, 6) is -3.16. The maximum absolute atomic E-state index is 12.5. The highest BCUT2D eigenvalue weighted by molar-refractivity contribution is 5.90. The lowest BCUT2D eigenvalue weighted by Gasteiger charge is -2.25. The molecule has 0 spiro atoms. The van der Waals surface area contributed by atoms with Crippen LogP contribution in [0.15, 0.2) is 53.5 Å². The van der Waals surface area contributed by atoms with Gasteiger partial charge in [-0.3, -0.25) is 24.0 Å². The van der Waals surface area contributed by atoms with Crippen molar-refractivity contribution in [2.24, 2.45) is 22.7 Å². The lowest BCUT2D eigenvalue weighted by Crippen LogP contribution is -2.29. The number of nitrogens with zero attached hydrogens (tertiary/aromatic N) is 1. The Kier molecular flexibility index (Phi) is 15.3. The molecule has 0 radical (unpaired) electrons. The first-order chi connectivity index (χ1) is 22.7. The highest BCUT2D eigenvalue weighted by atomic mass is 16.7. The third kappa shape index (κ3) is 13.2. The van der Waals surface area contributed by atoms with Crippen molar-refractivity contribution in [1.29, 1.82) is 0 Å². The Hall–Kier alpha value is -4.87. The Labute approximate surface area is 272 Å². The van der Waals surface area contributed by atoms with Crippen LogP contribution in [0.2, 0.25) is 0 Å². The Morgan fingerprint density at radius 3 is 1.74 bits per heavy atom. The maximum Gasteiger partial charge on any atom is 0.313 e. The lowest BCUT2D eigenvalue weighted by molar-refractivity contribution is -0.175. The van der Waals surface area contributed by atoms with E-state index in [1.807, 2.05) is 6.92 Å². The van der Waals surface area contributed by atoms with Gasteiger partial charge >= 0.3 is 23.9 Å². The summed E-state index contributed by atoms with van der Waals surface area (Å²) in [5.41, 5.74) is 2.29. The highest BCUT2D eigenvalue weighted by Gasteiger charge is 2.32. The number of isocyanates is 1. The van der Waals surface area contributed by atoms with E-state index in [2.05, 4.69) is 10.3 Å². The molecule has 0 bridgehead atoms. The summed E-state index contributed by atoms with van der Waals surface area (Å²) in [6.45, 7) is 0.972. The molecule has 13 heteroatoms. The average Bonchev–Trinajstić information content (AvgIpc) is 3.07. The fraction of sp³-hybridized carbons (Fsp3) is 0.471. The molecule has 2 aromatic carbocycles. The smallest absolute Gasteiger partial charge is 0.313 e. The van der Waals surface area contributed by atoms with E-state index in [0.717, 1.165) is 6.42 Å². The van der Waals surface area contributed by atoms with Gasteiger partial charge in [0.1, 0.15) is 0 Å². The Balaban J connectivity index is 1.26. The molecular weight excluding hydrogens is 612 g/mol. The summed E-state index contributed by atoms with van der Waals surface area (Å²) >= 11 is 0. The number of hydrogen-bond acceptors (Lipinski definition) is 12. The number of rotatable bonds is 17. The van der Waals surface area contributed by atoms with Crippen LogP contribution in [0.3, 0.4) is 0 Å². The van der Waals surface area contributed by atoms with Gasteiger partial charge in [0.15, 0.2) is 0 Å². The van der Waals surface area contributed by atoms with E-state index in [4.69, 9.17) is 18.9 Å². The SMILES string of the molecule is CCC(CO)CCC(=O)Nc1ccc(CC(=O)OCOC(=O)C2CCC(C(=O)OCOC(=O)Cc3ccc(N=C=O)cc3)CC2)cc1. The predicted octanol–water partition coefficient (Wildman–Crippen LogP) is 4.07. The number of carbonyl (C=O) groups excluding carboxylic acids is 6. The van der Waals surface area contributed by atoms with Crippen molar-refractivity contribution in [2.75, 3.05) is 25.5 Å². The molecule has 2 aromatic rings. The normalized spacial score (nSPS) is 16.1. The zero-order chi connectivity index (χ0) is 34.0. The fourth-order valence-corrected chi connectivity index (χ4v) is 4.97. The molecule has 1 fully saturated rings. The Bertz CT molecular complexity index is 1390. The largest absolute Gasteiger partial charge is 0.428 e. The second-order valence-electron chi connectivity index (χ2n) is 11.2. The molecule has 252 valence electrons. The zero-order valence-electron chi connectivity index (χ0n) is 26.3. The van der Waals surface area contributed by atoms with Crippen molar-refractivity contribution in [3.05, 3.63) is 59.7 Å². The first-order valence-electron chi connectivity index (χ1n) is 15.5. The molecule has 0 heterocycles. The van der Waals surface area contributed by atoms with Crippen molar-refractivity contribution in [3.8, 4) is 0 Å². The van der Waals surface area contributed by atoms with E-state index < -0.39 is 49.3 Å². The average molecular weight is 653 g/mol. The van der Waals surface area contributed by atoms with Crippen LogP contribution in [0, 0.1) is 17.8 Å². The van der Waals surface area contributed by atoms with Crippen molar-refractivity contribution >= 4 is 47.2 Å². The molecule has 1 unspecified atom stereocenters. The van der Waals surface area contributed by atoms with Crippen LogP contribution in [0.25, 0.3) is 0 Å². The molecule has 1 atom stereocenters. The summed E-state index contributed by atoms with van der Waals surface area (Å²) in [6.07, 6.45) is 4.60. The number of aliphatic hydroxyl groups excluding tert-OH is 1. The van der Waals surface area contributed by atoms with Crippen LogP contribution >= 0.6 is 0 Å². The third-order valence-corrected chi connectivity index (χ3v) is 7.90. The van der Waals surface area contributed by atoms with Crippen molar-refractivity contribution < 1.29 is 52.8 Å². The molecule has 2 N–H and O–H groups in total. The molecule has 1 aliphatic rings. The lowest BCUT2D eigenvalue weighted by atomic mass is 9.82. The number of amides is 1.